The number of amides is 1. The summed E-state index contributed by atoms with van der Waals surface area (Å²) in [6.07, 6.45) is -1.45. The lowest BCUT2D eigenvalue weighted by Crippen LogP contribution is -2.40. The molecule has 7 nitrogen and oxygen atoms in total. The Kier molecular flexibility index (Phi) is 5.92. The van der Waals surface area contributed by atoms with Gasteiger partial charge in [-0.05, 0) is 37.8 Å². The highest BCUT2D eigenvalue weighted by Crippen LogP contribution is 2.38. The van der Waals surface area contributed by atoms with Crippen LogP contribution in [0.4, 0.5) is 13.2 Å². The predicted molar refractivity (Wildman–Crippen MR) is 106 cm³/mol. The van der Waals surface area contributed by atoms with Crippen molar-refractivity contribution in [2.24, 2.45) is 0 Å². The van der Waals surface area contributed by atoms with Crippen molar-refractivity contribution >= 4 is 5.91 Å². The Morgan fingerprint density at radius 3 is 2.65 bits per heavy atom. The summed E-state index contributed by atoms with van der Waals surface area (Å²) in [6.45, 7) is 1.29. The third-order valence-corrected chi connectivity index (χ3v) is 5.85. The van der Waals surface area contributed by atoms with Gasteiger partial charge in [0.2, 0.25) is 0 Å². The average molecular weight is 438 g/mol. The molecule has 2 fully saturated rings. The van der Waals surface area contributed by atoms with E-state index in [1.165, 1.54) is 27.8 Å². The Morgan fingerprint density at radius 1 is 1.23 bits per heavy atom. The molecule has 4 rings (SSSR count). The van der Waals surface area contributed by atoms with Gasteiger partial charge in [-0.1, -0.05) is 12.1 Å². The SMILES string of the molecule is COCCn1nc(C2CCCN(C(=O)c3ccccc3C(F)(F)F)C2)n(C2CC2)c1=O. The van der Waals surface area contributed by atoms with E-state index in [4.69, 9.17) is 4.74 Å². The van der Waals surface area contributed by atoms with Crippen molar-refractivity contribution in [1.29, 1.82) is 0 Å². The molecule has 1 aliphatic heterocycles. The van der Waals surface area contributed by atoms with Gasteiger partial charge >= 0.3 is 11.9 Å². The molecular formula is C21H25F3N4O3. The maximum atomic E-state index is 13.4. The van der Waals surface area contributed by atoms with Gasteiger partial charge < -0.3 is 9.64 Å². The number of alkyl halides is 3. The van der Waals surface area contributed by atoms with Crippen LogP contribution in [0.5, 0.6) is 0 Å². The lowest BCUT2D eigenvalue weighted by atomic mass is 9.95. The summed E-state index contributed by atoms with van der Waals surface area (Å²) in [6, 6.07) is 4.97. The van der Waals surface area contributed by atoms with E-state index in [2.05, 4.69) is 5.10 Å². The maximum Gasteiger partial charge on any atom is 0.417 e. The van der Waals surface area contributed by atoms with Gasteiger partial charge in [0.25, 0.3) is 5.91 Å². The number of rotatable bonds is 6. The zero-order chi connectivity index (χ0) is 22.2. The Bertz CT molecular complexity index is 1010. The minimum atomic E-state index is -4.60. The Hall–Kier alpha value is -2.62. The second-order valence-corrected chi connectivity index (χ2v) is 8.09. The zero-order valence-electron chi connectivity index (χ0n) is 17.3. The fourth-order valence-electron chi connectivity index (χ4n) is 4.17. The van der Waals surface area contributed by atoms with Gasteiger partial charge in [-0.25, -0.2) is 9.48 Å². The minimum Gasteiger partial charge on any atom is -0.383 e. The Labute approximate surface area is 177 Å². The van der Waals surface area contributed by atoms with E-state index < -0.39 is 17.6 Å². The van der Waals surface area contributed by atoms with Crippen LogP contribution in [0.1, 0.15) is 59.4 Å². The number of benzene rings is 1. The van der Waals surface area contributed by atoms with Gasteiger partial charge in [0.05, 0.1) is 24.3 Å². The maximum absolute atomic E-state index is 13.4. The molecule has 2 aromatic rings. The molecular weight excluding hydrogens is 413 g/mol. The van der Waals surface area contributed by atoms with Crippen LogP contribution in [-0.4, -0.2) is 52.0 Å². The van der Waals surface area contributed by atoms with Crippen molar-refractivity contribution in [2.45, 2.75) is 50.4 Å². The van der Waals surface area contributed by atoms with Crippen LogP contribution in [0.15, 0.2) is 29.1 Å². The number of likely N-dealkylation sites (tertiary alicyclic amines) is 1. The van der Waals surface area contributed by atoms with E-state index in [-0.39, 0.29) is 29.8 Å². The third kappa shape index (κ3) is 4.39. The van der Waals surface area contributed by atoms with Gasteiger partial charge in [0.15, 0.2) is 0 Å². The van der Waals surface area contributed by atoms with Crippen LogP contribution >= 0.6 is 0 Å². The van der Waals surface area contributed by atoms with Crippen molar-refractivity contribution in [3.63, 3.8) is 0 Å². The summed E-state index contributed by atoms with van der Waals surface area (Å²) in [7, 11) is 1.55. The van der Waals surface area contributed by atoms with Crippen LogP contribution in [0.3, 0.4) is 0 Å². The molecule has 0 radical (unpaired) electrons. The number of nitrogens with zero attached hydrogens (tertiary/aromatic N) is 4. The van der Waals surface area contributed by atoms with Gasteiger partial charge in [0, 0.05) is 32.2 Å². The number of halogens is 3. The average Bonchev–Trinajstić information content (AvgIpc) is 3.54. The highest BCUT2D eigenvalue weighted by molar-refractivity contribution is 5.96. The molecule has 1 aromatic heterocycles. The first-order valence-electron chi connectivity index (χ1n) is 10.4. The van der Waals surface area contributed by atoms with Crippen molar-refractivity contribution in [2.75, 3.05) is 26.8 Å². The van der Waals surface area contributed by atoms with Gasteiger partial charge in [0.1, 0.15) is 5.82 Å². The number of ether oxygens (including phenoxy) is 1. The van der Waals surface area contributed by atoms with E-state index in [0.717, 1.165) is 25.3 Å². The molecule has 2 heterocycles. The fraction of sp³-hybridized carbons (Fsp3) is 0.571. The summed E-state index contributed by atoms with van der Waals surface area (Å²) in [4.78, 5) is 27.3. The van der Waals surface area contributed by atoms with E-state index in [1.807, 2.05) is 0 Å². The summed E-state index contributed by atoms with van der Waals surface area (Å²) >= 11 is 0. The van der Waals surface area contributed by atoms with E-state index in [9.17, 15) is 22.8 Å². The molecule has 0 bridgehead atoms. The summed E-state index contributed by atoms with van der Waals surface area (Å²) in [5, 5.41) is 4.52. The Balaban J connectivity index is 1.60. The molecule has 1 aromatic carbocycles. The monoisotopic (exact) mass is 438 g/mol. The normalized spacial score (nSPS) is 19.6. The van der Waals surface area contributed by atoms with Crippen LogP contribution in [0.2, 0.25) is 0 Å². The summed E-state index contributed by atoms with van der Waals surface area (Å²) in [5.74, 6) is -0.227. The third-order valence-electron chi connectivity index (χ3n) is 5.85. The van der Waals surface area contributed by atoms with Crippen LogP contribution in [-0.2, 0) is 17.5 Å². The second kappa shape index (κ2) is 8.49. The molecule has 1 aliphatic carbocycles. The molecule has 168 valence electrons. The molecule has 1 amide bonds. The van der Waals surface area contributed by atoms with Crippen molar-refractivity contribution in [1.82, 2.24) is 19.2 Å². The predicted octanol–water partition coefficient (Wildman–Crippen LogP) is 3.06. The van der Waals surface area contributed by atoms with Crippen molar-refractivity contribution in [3.8, 4) is 0 Å². The lowest BCUT2D eigenvalue weighted by molar-refractivity contribution is -0.138. The highest BCUT2D eigenvalue weighted by Gasteiger charge is 2.38. The molecule has 2 aliphatic rings. The molecule has 10 heteroatoms. The molecule has 1 atom stereocenters. The van der Waals surface area contributed by atoms with Crippen LogP contribution in [0, 0.1) is 0 Å². The van der Waals surface area contributed by atoms with E-state index in [1.54, 1.807) is 11.7 Å². The molecule has 1 saturated heterocycles. The smallest absolute Gasteiger partial charge is 0.383 e. The standard InChI is InChI=1S/C21H25F3N4O3/c1-31-12-11-27-20(30)28(15-8-9-15)18(25-27)14-5-4-10-26(13-14)19(29)16-6-2-3-7-17(16)21(22,23)24/h2-3,6-7,14-15H,4-5,8-13H2,1H3. The lowest BCUT2D eigenvalue weighted by Gasteiger charge is -2.33. The number of aromatic nitrogens is 3. The van der Waals surface area contributed by atoms with Gasteiger partial charge in [-0.15, -0.1) is 0 Å². The van der Waals surface area contributed by atoms with Gasteiger partial charge in [-0.3, -0.25) is 9.36 Å². The summed E-state index contributed by atoms with van der Waals surface area (Å²) in [5.41, 5.74) is -1.47. The quantitative estimate of drug-likeness (QED) is 0.695. The molecule has 0 spiro atoms. The zero-order valence-corrected chi connectivity index (χ0v) is 17.3. The molecule has 0 N–H and O–H groups in total. The first kappa shape index (κ1) is 21.6. The number of hydrogen-bond donors (Lipinski definition) is 0. The largest absolute Gasteiger partial charge is 0.417 e. The molecule has 1 unspecified atom stereocenters. The molecule has 31 heavy (non-hydrogen) atoms. The topological polar surface area (TPSA) is 69.4 Å². The first-order valence-corrected chi connectivity index (χ1v) is 10.4. The van der Waals surface area contributed by atoms with Crippen molar-refractivity contribution in [3.05, 3.63) is 51.7 Å². The second-order valence-electron chi connectivity index (χ2n) is 8.09. The number of hydrogen-bond acceptors (Lipinski definition) is 4. The van der Waals surface area contributed by atoms with Crippen LogP contribution in [0.25, 0.3) is 0 Å². The minimum absolute atomic E-state index is 0.107. The van der Waals surface area contributed by atoms with E-state index >= 15 is 0 Å². The number of methoxy groups -OCH3 is 1. The van der Waals surface area contributed by atoms with E-state index in [0.29, 0.717) is 31.9 Å². The number of carbonyl (C=O) groups is 1. The highest BCUT2D eigenvalue weighted by atomic mass is 19.4. The Morgan fingerprint density at radius 2 is 1.97 bits per heavy atom. The number of carbonyl (C=O) groups excluding carboxylic acids is 1. The van der Waals surface area contributed by atoms with Gasteiger partial charge in [-0.2, -0.15) is 18.3 Å². The first-order chi connectivity index (χ1) is 14.8. The summed E-state index contributed by atoms with van der Waals surface area (Å²) < 4.78 is 48.3. The van der Waals surface area contributed by atoms with Crippen molar-refractivity contribution < 1.29 is 22.7 Å². The molecule has 1 saturated carbocycles. The van der Waals surface area contributed by atoms with Crippen LogP contribution < -0.4 is 5.69 Å². The number of piperidine rings is 1. The fourth-order valence-corrected chi connectivity index (χ4v) is 4.17.